The van der Waals surface area contributed by atoms with Crippen molar-refractivity contribution in [2.75, 3.05) is 13.2 Å². The standard InChI is InChI=1S/C14H20N2O2/c1-10(4-6-15)14(17)16-9-11-2-3-13-12(8-11)5-7-18-13/h2-3,8,10H,4-7,9,15H2,1H3,(H,16,17). The van der Waals surface area contributed by atoms with Gasteiger partial charge in [-0.25, -0.2) is 0 Å². The Labute approximate surface area is 108 Å². The fourth-order valence-corrected chi connectivity index (χ4v) is 2.09. The van der Waals surface area contributed by atoms with Gasteiger partial charge in [-0.15, -0.1) is 0 Å². The zero-order chi connectivity index (χ0) is 13.0. The van der Waals surface area contributed by atoms with Crippen molar-refractivity contribution in [2.45, 2.75) is 26.3 Å². The number of nitrogens with two attached hydrogens (primary N) is 1. The molecule has 0 aliphatic carbocycles. The van der Waals surface area contributed by atoms with Gasteiger partial charge in [0, 0.05) is 18.9 Å². The molecule has 3 N–H and O–H groups in total. The van der Waals surface area contributed by atoms with Crippen molar-refractivity contribution in [3.05, 3.63) is 29.3 Å². The number of nitrogens with one attached hydrogen (secondary N) is 1. The Bertz CT molecular complexity index is 432. The van der Waals surface area contributed by atoms with Crippen LogP contribution in [0, 0.1) is 5.92 Å². The number of ether oxygens (including phenoxy) is 1. The van der Waals surface area contributed by atoms with E-state index >= 15 is 0 Å². The monoisotopic (exact) mass is 248 g/mol. The van der Waals surface area contributed by atoms with Crippen LogP contribution in [0.15, 0.2) is 18.2 Å². The number of carbonyl (C=O) groups excluding carboxylic acids is 1. The van der Waals surface area contributed by atoms with Crippen molar-refractivity contribution in [1.82, 2.24) is 5.32 Å². The Hall–Kier alpha value is -1.55. The molecule has 1 aliphatic rings. The van der Waals surface area contributed by atoms with Gasteiger partial charge in [0.25, 0.3) is 0 Å². The first-order chi connectivity index (χ1) is 8.70. The van der Waals surface area contributed by atoms with E-state index in [9.17, 15) is 4.79 Å². The summed E-state index contributed by atoms with van der Waals surface area (Å²) < 4.78 is 5.45. The second kappa shape index (κ2) is 5.87. The Morgan fingerprint density at radius 1 is 1.56 bits per heavy atom. The predicted molar refractivity (Wildman–Crippen MR) is 70.3 cm³/mol. The molecular weight excluding hydrogens is 228 g/mol. The quantitative estimate of drug-likeness (QED) is 0.823. The summed E-state index contributed by atoms with van der Waals surface area (Å²) >= 11 is 0. The molecule has 4 heteroatoms. The average molecular weight is 248 g/mol. The van der Waals surface area contributed by atoms with Gasteiger partial charge in [0.2, 0.25) is 5.91 Å². The number of hydrogen-bond acceptors (Lipinski definition) is 3. The first kappa shape index (κ1) is 12.9. The fraction of sp³-hybridized carbons (Fsp3) is 0.500. The molecule has 2 rings (SSSR count). The highest BCUT2D eigenvalue weighted by molar-refractivity contribution is 5.78. The zero-order valence-corrected chi connectivity index (χ0v) is 10.7. The molecule has 0 saturated heterocycles. The average Bonchev–Trinajstić information content (AvgIpc) is 2.83. The largest absolute Gasteiger partial charge is 0.493 e. The minimum atomic E-state index is -0.0206. The van der Waals surface area contributed by atoms with Crippen LogP contribution < -0.4 is 15.8 Å². The van der Waals surface area contributed by atoms with Crippen LogP contribution in [0.25, 0.3) is 0 Å². The van der Waals surface area contributed by atoms with Crippen molar-refractivity contribution in [2.24, 2.45) is 11.7 Å². The molecule has 1 amide bonds. The summed E-state index contributed by atoms with van der Waals surface area (Å²) in [6.45, 7) is 3.78. The number of hydrogen-bond donors (Lipinski definition) is 2. The lowest BCUT2D eigenvalue weighted by atomic mass is 10.1. The van der Waals surface area contributed by atoms with Crippen LogP contribution in [0.4, 0.5) is 0 Å². The molecule has 1 aromatic rings. The first-order valence-corrected chi connectivity index (χ1v) is 6.43. The second-order valence-corrected chi connectivity index (χ2v) is 4.74. The molecule has 1 atom stereocenters. The molecule has 1 heterocycles. The molecule has 0 radical (unpaired) electrons. The van der Waals surface area contributed by atoms with Crippen LogP contribution in [0.3, 0.4) is 0 Å². The van der Waals surface area contributed by atoms with Crippen molar-refractivity contribution in [3.63, 3.8) is 0 Å². The molecule has 98 valence electrons. The molecule has 0 fully saturated rings. The van der Waals surface area contributed by atoms with E-state index in [1.165, 1.54) is 5.56 Å². The molecule has 18 heavy (non-hydrogen) atoms. The Morgan fingerprint density at radius 2 is 2.39 bits per heavy atom. The van der Waals surface area contributed by atoms with Crippen LogP contribution in [-0.2, 0) is 17.8 Å². The molecule has 0 spiro atoms. The molecule has 0 saturated carbocycles. The topological polar surface area (TPSA) is 64.4 Å². The van der Waals surface area contributed by atoms with Crippen molar-refractivity contribution < 1.29 is 9.53 Å². The second-order valence-electron chi connectivity index (χ2n) is 4.74. The van der Waals surface area contributed by atoms with Gasteiger partial charge in [-0.3, -0.25) is 4.79 Å². The highest BCUT2D eigenvalue weighted by atomic mass is 16.5. The maximum Gasteiger partial charge on any atom is 0.223 e. The predicted octanol–water partition coefficient (Wildman–Crippen LogP) is 1.22. The lowest BCUT2D eigenvalue weighted by Crippen LogP contribution is -2.29. The molecule has 0 aromatic heterocycles. The minimum Gasteiger partial charge on any atom is -0.493 e. The van der Waals surface area contributed by atoms with Crippen molar-refractivity contribution in [3.8, 4) is 5.75 Å². The minimum absolute atomic E-state index is 0.0206. The molecule has 4 nitrogen and oxygen atoms in total. The first-order valence-electron chi connectivity index (χ1n) is 6.43. The van der Waals surface area contributed by atoms with Gasteiger partial charge in [0.05, 0.1) is 6.61 Å². The van der Waals surface area contributed by atoms with Gasteiger partial charge in [-0.05, 0) is 30.2 Å². The van der Waals surface area contributed by atoms with E-state index in [0.717, 1.165) is 30.8 Å². The fourth-order valence-electron chi connectivity index (χ4n) is 2.09. The van der Waals surface area contributed by atoms with E-state index in [4.69, 9.17) is 10.5 Å². The Morgan fingerprint density at radius 3 is 3.17 bits per heavy atom. The van der Waals surface area contributed by atoms with Gasteiger partial charge < -0.3 is 15.8 Å². The third-order valence-electron chi connectivity index (χ3n) is 3.27. The van der Waals surface area contributed by atoms with Crippen molar-refractivity contribution in [1.29, 1.82) is 0 Å². The SMILES string of the molecule is CC(CCN)C(=O)NCc1ccc2c(c1)CCO2. The number of carbonyl (C=O) groups is 1. The number of benzene rings is 1. The van der Waals surface area contributed by atoms with E-state index < -0.39 is 0 Å². The van der Waals surface area contributed by atoms with Crippen LogP contribution in [0.1, 0.15) is 24.5 Å². The zero-order valence-electron chi connectivity index (χ0n) is 10.7. The number of rotatable bonds is 5. The summed E-state index contributed by atoms with van der Waals surface area (Å²) in [6, 6.07) is 6.08. The maximum absolute atomic E-state index is 11.7. The summed E-state index contributed by atoms with van der Waals surface area (Å²) in [5, 5.41) is 2.94. The number of amides is 1. The molecule has 1 unspecified atom stereocenters. The lowest BCUT2D eigenvalue weighted by Gasteiger charge is -2.11. The molecule has 0 bridgehead atoms. The van der Waals surface area contributed by atoms with E-state index in [2.05, 4.69) is 11.4 Å². The van der Waals surface area contributed by atoms with E-state index in [1.807, 2.05) is 19.1 Å². The summed E-state index contributed by atoms with van der Waals surface area (Å²) in [5.74, 6) is 1.02. The molecule has 1 aromatic carbocycles. The summed E-state index contributed by atoms with van der Waals surface area (Å²) in [6.07, 6.45) is 1.69. The summed E-state index contributed by atoms with van der Waals surface area (Å²) in [4.78, 5) is 11.7. The van der Waals surface area contributed by atoms with E-state index in [0.29, 0.717) is 13.1 Å². The normalized spacial score (nSPS) is 14.8. The maximum atomic E-state index is 11.7. The Balaban J connectivity index is 1.88. The summed E-state index contributed by atoms with van der Waals surface area (Å²) in [5.41, 5.74) is 7.79. The molecule has 1 aliphatic heterocycles. The Kier molecular flexibility index (Phi) is 4.20. The van der Waals surface area contributed by atoms with Gasteiger partial charge in [-0.2, -0.15) is 0 Å². The molecular formula is C14H20N2O2. The van der Waals surface area contributed by atoms with Crippen LogP contribution in [0.5, 0.6) is 5.75 Å². The van der Waals surface area contributed by atoms with Gasteiger partial charge in [0.15, 0.2) is 0 Å². The lowest BCUT2D eigenvalue weighted by molar-refractivity contribution is -0.124. The van der Waals surface area contributed by atoms with E-state index in [1.54, 1.807) is 0 Å². The van der Waals surface area contributed by atoms with E-state index in [-0.39, 0.29) is 11.8 Å². The third-order valence-corrected chi connectivity index (χ3v) is 3.27. The van der Waals surface area contributed by atoms with Crippen LogP contribution in [0.2, 0.25) is 0 Å². The van der Waals surface area contributed by atoms with Crippen LogP contribution in [-0.4, -0.2) is 19.1 Å². The van der Waals surface area contributed by atoms with Crippen LogP contribution >= 0.6 is 0 Å². The van der Waals surface area contributed by atoms with Gasteiger partial charge >= 0.3 is 0 Å². The van der Waals surface area contributed by atoms with Crippen molar-refractivity contribution >= 4 is 5.91 Å². The smallest absolute Gasteiger partial charge is 0.223 e. The van der Waals surface area contributed by atoms with Gasteiger partial charge in [-0.1, -0.05) is 19.1 Å². The summed E-state index contributed by atoms with van der Waals surface area (Å²) in [7, 11) is 0. The highest BCUT2D eigenvalue weighted by Gasteiger charge is 2.14. The third kappa shape index (κ3) is 3.01. The van der Waals surface area contributed by atoms with Gasteiger partial charge in [0.1, 0.15) is 5.75 Å². The highest BCUT2D eigenvalue weighted by Crippen LogP contribution is 2.25. The number of fused-ring (bicyclic) bond motifs is 1.